The minimum atomic E-state index is -0.442. The molecule has 0 atom stereocenters. The minimum Gasteiger partial charge on any atom is -0.367 e. The van der Waals surface area contributed by atoms with Gasteiger partial charge in [-0.2, -0.15) is 0 Å². The van der Waals surface area contributed by atoms with Gasteiger partial charge in [0, 0.05) is 43.7 Å². The molecule has 1 saturated heterocycles. The first kappa shape index (κ1) is 17.5. The van der Waals surface area contributed by atoms with Gasteiger partial charge < -0.3 is 9.80 Å². The summed E-state index contributed by atoms with van der Waals surface area (Å²) in [6.45, 7) is 10.2. The van der Waals surface area contributed by atoms with Crippen LogP contribution in [0.15, 0.2) is 12.1 Å². The maximum absolute atomic E-state index is 12.3. The first-order valence-electron chi connectivity index (χ1n) is 7.60. The number of amides is 1. The molecule has 1 heterocycles. The summed E-state index contributed by atoms with van der Waals surface area (Å²) < 4.78 is 0. The SMILES string of the molecule is Cc1cc([N+](=O)[O-])cc(Cl)c1N1CCN(C(=O)C(C)(C)C)CC1. The smallest absolute Gasteiger partial charge is 0.271 e. The molecule has 0 unspecified atom stereocenters. The number of carbonyl (C=O) groups excluding carboxylic acids is 1. The van der Waals surface area contributed by atoms with Gasteiger partial charge in [-0.05, 0) is 12.5 Å². The Morgan fingerprint density at radius 2 is 1.78 bits per heavy atom. The molecule has 7 heteroatoms. The van der Waals surface area contributed by atoms with Crippen LogP contribution >= 0.6 is 11.6 Å². The minimum absolute atomic E-state index is 0.00204. The van der Waals surface area contributed by atoms with E-state index in [1.165, 1.54) is 12.1 Å². The van der Waals surface area contributed by atoms with Crippen LogP contribution in [0.2, 0.25) is 5.02 Å². The lowest BCUT2D eigenvalue weighted by Crippen LogP contribution is -2.51. The molecule has 1 amide bonds. The van der Waals surface area contributed by atoms with Crippen LogP contribution in [-0.4, -0.2) is 41.9 Å². The third-order valence-electron chi connectivity index (χ3n) is 3.97. The molecule has 0 N–H and O–H groups in total. The molecule has 0 spiro atoms. The average Bonchev–Trinajstić information content (AvgIpc) is 2.45. The predicted octanol–water partition coefficient (Wildman–Crippen LogP) is 3.25. The van der Waals surface area contributed by atoms with Crippen LogP contribution in [0.1, 0.15) is 26.3 Å². The Hall–Kier alpha value is -1.82. The van der Waals surface area contributed by atoms with E-state index >= 15 is 0 Å². The Kier molecular flexibility index (Phi) is 4.84. The average molecular weight is 340 g/mol. The summed E-state index contributed by atoms with van der Waals surface area (Å²) in [4.78, 5) is 26.7. The fourth-order valence-corrected chi connectivity index (χ4v) is 3.21. The molecule has 23 heavy (non-hydrogen) atoms. The predicted molar refractivity (Wildman–Crippen MR) is 91.1 cm³/mol. The molecule has 1 aromatic rings. The number of halogens is 1. The molecule has 0 saturated carbocycles. The number of carbonyl (C=O) groups is 1. The summed E-state index contributed by atoms with van der Waals surface area (Å²) in [6.07, 6.45) is 0. The van der Waals surface area contributed by atoms with E-state index in [-0.39, 0.29) is 17.0 Å². The van der Waals surface area contributed by atoms with E-state index in [1.807, 2.05) is 32.6 Å². The number of anilines is 1. The van der Waals surface area contributed by atoms with Crippen molar-refractivity contribution in [2.75, 3.05) is 31.1 Å². The van der Waals surface area contributed by atoms with E-state index in [9.17, 15) is 14.9 Å². The van der Waals surface area contributed by atoms with Gasteiger partial charge in [-0.1, -0.05) is 32.4 Å². The molecule has 6 nitrogen and oxygen atoms in total. The molecule has 126 valence electrons. The summed E-state index contributed by atoms with van der Waals surface area (Å²) in [5.74, 6) is 0.142. The lowest BCUT2D eigenvalue weighted by molar-refractivity contribution is -0.384. The highest BCUT2D eigenvalue weighted by molar-refractivity contribution is 6.33. The molecule has 0 aliphatic carbocycles. The second kappa shape index (κ2) is 6.35. The molecule has 1 fully saturated rings. The lowest BCUT2D eigenvalue weighted by Gasteiger charge is -2.39. The van der Waals surface area contributed by atoms with E-state index in [4.69, 9.17) is 11.6 Å². The van der Waals surface area contributed by atoms with E-state index < -0.39 is 4.92 Å². The Morgan fingerprint density at radius 3 is 2.22 bits per heavy atom. The van der Waals surface area contributed by atoms with Crippen LogP contribution in [-0.2, 0) is 4.79 Å². The second-order valence-electron chi connectivity index (χ2n) is 6.88. The summed E-state index contributed by atoms with van der Waals surface area (Å²) in [6, 6.07) is 2.92. The number of hydrogen-bond acceptors (Lipinski definition) is 4. The van der Waals surface area contributed by atoms with E-state index in [2.05, 4.69) is 4.90 Å². The van der Waals surface area contributed by atoms with Crippen LogP contribution in [0.4, 0.5) is 11.4 Å². The molecule has 0 aromatic heterocycles. The largest absolute Gasteiger partial charge is 0.367 e. The topological polar surface area (TPSA) is 66.7 Å². The normalized spacial score (nSPS) is 15.7. The summed E-state index contributed by atoms with van der Waals surface area (Å²) in [5, 5.41) is 11.3. The van der Waals surface area contributed by atoms with E-state index in [1.54, 1.807) is 0 Å². The number of nitro benzene ring substituents is 1. The number of nitrogens with zero attached hydrogens (tertiary/aromatic N) is 3. The highest BCUT2D eigenvalue weighted by Gasteiger charge is 2.30. The fourth-order valence-electron chi connectivity index (χ4n) is 2.83. The van der Waals surface area contributed by atoms with Gasteiger partial charge in [-0.15, -0.1) is 0 Å². The van der Waals surface area contributed by atoms with Crippen molar-refractivity contribution in [2.24, 2.45) is 5.41 Å². The van der Waals surface area contributed by atoms with Gasteiger partial charge in [0.05, 0.1) is 15.6 Å². The summed E-state index contributed by atoms with van der Waals surface area (Å²) in [7, 11) is 0. The number of hydrogen-bond donors (Lipinski definition) is 0. The van der Waals surface area contributed by atoms with E-state index in [0.717, 1.165) is 11.3 Å². The van der Waals surface area contributed by atoms with Crippen LogP contribution in [0, 0.1) is 22.5 Å². The zero-order valence-electron chi connectivity index (χ0n) is 13.9. The zero-order chi connectivity index (χ0) is 17.4. The molecule has 1 aromatic carbocycles. The molecule has 0 radical (unpaired) electrons. The quantitative estimate of drug-likeness (QED) is 0.612. The molecule has 2 rings (SSSR count). The third-order valence-corrected chi connectivity index (χ3v) is 4.26. The van der Waals surface area contributed by atoms with Gasteiger partial charge in [0.25, 0.3) is 5.69 Å². The molecule has 0 bridgehead atoms. The Balaban J connectivity index is 2.15. The van der Waals surface area contributed by atoms with Gasteiger partial charge >= 0.3 is 0 Å². The van der Waals surface area contributed by atoms with Gasteiger partial charge in [-0.25, -0.2) is 0 Å². The summed E-state index contributed by atoms with van der Waals surface area (Å²) in [5.41, 5.74) is 1.21. The van der Waals surface area contributed by atoms with Crippen molar-refractivity contribution in [2.45, 2.75) is 27.7 Å². The van der Waals surface area contributed by atoms with Crippen LogP contribution in [0.25, 0.3) is 0 Å². The molecule has 1 aliphatic rings. The lowest BCUT2D eigenvalue weighted by atomic mass is 9.94. The Bertz CT molecular complexity index is 609. The summed E-state index contributed by atoms with van der Waals surface area (Å²) >= 11 is 6.26. The van der Waals surface area contributed by atoms with Gasteiger partial charge in [-0.3, -0.25) is 14.9 Å². The van der Waals surface area contributed by atoms with Crippen molar-refractivity contribution in [3.8, 4) is 0 Å². The van der Waals surface area contributed by atoms with Crippen molar-refractivity contribution in [3.63, 3.8) is 0 Å². The van der Waals surface area contributed by atoms with Crippen molar-refractivity contribution < 1.29 is 9.72 Å². The first-order valence-corrected chi connectivity index (χ1v) is 7.98. The van der Waals surface area contributed by atoms with Crippen molar-refractivity contribution in [1.82, 2.24) is 4.90 Å². The van der Waals surface area contributed by atoms with Crippen molar-refractivity contribution >= 4 is 28.9 Å². The maximum Gasteiger partial charge on any atom is 0.271 e. The van der Waals surface area contributed by atoms with Crippen LogP contribution < -0.4 is 4.90 Å². The maximum atomic E-state index is 12.3. The fraction of sp³-hybridized carbons (Fsp3) is 0.562. The van der Waals surface area contributed by atoms with Gasteiger partial charge in [0.15, 0.2) is 0 Å². The van der Waals surface area contributed by atoms with Crippen molar-refractivity contribution in [3.05, 3.63) is 32.8 Å². The first-order chi connectivity index (χ1) is 10.6. The Morgan fingerprint density at radius 1 is 1.22 bits per heavy atom. The second-order valence-corrected chi connectivity index (χ2v) is 7.29. The van der Waals surface area contributed by atoms with Gasteiger partial charge in [0.1, 0.15) is 0 Å². The molecular weight excluding hydrogens is 318 g/mol. The molecule has 1 aliphatic heterocycles. The number of rotatable bonds is 2. The number of non-ortho nitro benzene ring substituents is 1. The van der Waals surface area contributed by atoms with Crippen LogP contribution in [0.5, 0.6) is 0 Å². The van der Waals surface area contributed by atoms with Gasteiger partial charge in [0.2, 0.25) is 5.91 Å². The standard InChI is InChI=1S/C16H22ClN3O3/c1-11-9-12(20(22)23)10-13(17)14(11)18-5-7-19(8-6-18)15(21)16(2,3)4/h9-10H,5-8H2,1-4H3. The Labute approximate surface area is 141 Å². The number of nitro groups is 1. The number of benzene rings is 1. The number of piperazine rings is 1. The highest BCUT2D eigenvalue weighted by Crippen LogP contribution is 2.34. The zero-order valence-corrected chi connectivity index (χ0v) is 14.7. The number of aryl methyl sites for hydroxylation is 1. The van der Waals surface area contributed by atoms with E-state index in [0.29, 0.717) is 31.2 Å². The third kappa shape index (κ3) is 3.75. The molecular formula is C16H22ClN3O3. The van der Waals surface area contributed by atoms with Crippen molar-refractivity contribution in [1.29, 1.82) is 0 Å². The van der Waals surface area contributed by atoms with Crippen LogP contribution in [0.3, 0.4) is 0 Å². The highest BCUT2D eigenvalue weighted by atomic mass is 35.5. The monoisotopic (exact) mass is 339 g/mol.